The summed E-state index contributed by atoms with van der Waals surface area (Å²) in [5.74, 6) is -0.606. The average molecular weight is 495 g/mol. The van der Waals surface area contributed by atoms with Crippen LogP contribution in [0.15, 0.2) is 28.1 Å². The van der Waals surface area contributed by atoms with E-state index in [1.807, 2.05) is 45.0 Å². The summed E-state index contributed by atoms with van der Waals surface area (Å²) in [6.07, 6.45) is 0.168. The first-order valence-electron chi connectivity index (χ1n) is 10.0. The van der Waals surface area contributed by atoms with Crippen molar-refractivity contribution in [3.8, 4) is 11.1 Å². The lowest BCUT2D eigenvalue weighted by atomic mass is 10.0. The van der Waals surface area contributed by atoms with Gasteiger partial charge in [-0.1, -0.05) is 29.8 Å². The van der Waals surface area contributed by atoms with Crippen LogP contribution in [0.25, 0.3) is 11.1 Å². The lowest BCUT2D eigenvalue weighted by Gasteiger charge is -2.34. The molecule has 3 rings (SSSR count). The molecule has 2 aromatic rings. The van der Waals surface area contributed by atoms with E-state index in [0.717, 1.165) is 20.5 Å². The highest BCUT2D eigenvalue weighted by Crippen LogP contribution is 2.44. The van der Waals surface area contributed by atoms with E-state index in [9.17, 15) is 9.59 Å². The van der Waals surface area contributed by atoms with Crippen molar-refractivity contribution >= 4 is 44.1 Å². The number of carbonyl (C=O) groups is 2. The zero-order valence-corrected chi connectivity index (χ0v) is 20.1. The molecule has 1 aliphatic rings. The molecule has 1 amide bonds. The Kier molecular flexibility index (Phi) is 7.68. The number of carbonyl (C=O) groups excluding carboxylic acids is 2. The Morgan fingerprint density at radius 3 is 2.47 bits per heavy atom. The second-order valence-corrected chi connectivity index (χ2v) is 9.88. The number of benzene rings is 1. The van der Waals surface area contributed by atoms with Gasteiger partial charge in [-0.3, -0.25) is 9.69 Å². The number of nitrogens with one attached hydrogen (secondary N) is 1. The summed E-state index contributed by atoms with van der Waals surface area (Å²) in [5.41, 5.74) is 3.14. The van der Waals surface area contributed by atoms with Crippen LogP contribution in [0.2, 0.25) is 0 Å². The fourth-order valence-electron chi connectivity index (χ4n) is 3.65. The van der Waals surface area contributed by atoms with Crippen molar-refractivity contribution in [3.63, 3.8) is 0 Å². The molecule has 1 fully saturated rings. The number of aryl methyl sites for hydroxylation is 1. The topological polar surface area (TPSA) is 67.9 Å². The molecule has 30 heavy (non-hydrogen) atoms. The smallest absolute Gasteiger partial charge is 0.341 e. The maximum absolute atomic E-state index is 12.8. The fraction of sp³-hybridized carbons (Fsp3) is 0.455. The average Bonchev–Trinajstić information content (AvgIpc) is 2.97. The Labute approximate surface area is 189 Å². The summed E-state index contributed by atoms with van der Waals surface area (Å²) in [6, 6.07) is 7.92. The van der Waals surface area contributed by atoms with E-state index >= 15 is 0 Å². The Bertz CT molecular complexity index is 903. The quantitative estimate of drug-likeness (QED) is 0.588. The number of ether oxygens (including phenoxy) is 2. The van der Waals surface area contributed by atoms with E-state index in [0.29, 0.717) is 23.7 Å². The van der Waals surface area contributed by atoms with E-state index in [2.05, 4.69) is 26.1 Å². The molecular weight excluding hydrogens is 468 g/mol. The third-order valence-electron chi connectivity index (χ3n) is 4.80. The van der Waals surface area contributed by atoms with Crippen LogP contribution in [0.4, 0.5) is 5.00 Å². The van der Waals surface area contributed by atoms with Crippen LogP contribution in [-0.2, 0) is 14.3 Å². The number of amides is 1. The van der Waals surface area contributed by atoms with Crippen molar-refractivity contribution < 1.29 is 19.1 Å². The molecular formula is C22H27BrN2O4S. The minimum Gasteiger partial charge on any atom is -0.462 e. The Morgan fingerprint density at radius 1 is 1.23 bits per heavy atom. The second-order valence-electron chi connectivity index (χ2n) is 7.54. The summed E-state index contributed by atoms with van der Waals surface area (Å²) in [5, 5.41) is 3.43. The van der Waals surface area contributed by atoms with Crippen LogP contribution < -0.4 is 5.32 Å². The standard InChI is InChI=1S/C22H27BrN2O4S/c1-5-28-22(27)19-18(16-8-6-13(2)7-9-16)20(23)30-21(19)24-17(26)12-25-10-14(3)29-15(4)11-25/h6-9,14-15H,5,10-12H2,1-4H3,(H,24,26)/t14-,15+. The maximum atomic E-state index is 12.8. The van der Waals surface area contributed by atoms with Gasteiger partial charge >= 0.3 is 5.97 Å². The van der Waals surface area contributed by atoms with Crippen molar-refractivity contribution in [1.29, 1.82) is 0 Å². The van der Waals surface area contributed by atoms with E-state index in [-0.39, 0.29) is 31.3 Å². The summed E-state index contributed by atoms with van der Waals surface area (Å²) < 4.78 is 11.8. The number of hydrogen-bond donors (Lipinski definition) is 1. The number of esters is 1. The predicted octanol–water partition coefficient (Wildman–Crippen LogP) is 4.71. The van der Waals surface area contributed by atoms with Gasteiger partial charge in [0.1, 0.15) is 10.6 Å². The molecule has 1 N–H and O–H groups in total. The molecule has 0 unspecified atom stereocenters. The molecule has 8 heteroatoms. The molecule has 0 bridgehead atoms. The lowest BCUT2D eigenvalue weighted by Crippen LogP contribution is -2.48. The highest BCUT2D eigenvalue weighted by Gasteiger charge is 2.28. The van der Waals surface area contributed by atoms with E-state index < -0.39 is 5.97 Å². The van der Waals surface area contributed by atoms with Gasteiger partial charge in [0.05, 0.1) is 29.1 Å². The van der Waals surface area contributed by atoms with E-state index in [1.54, 1.807) is 6.92 Å². The van der Waals surface area contributed by atoms with Crippen LogP contribution in [-0.4, -0.2) is 55.2 Å². The summed E-state index contributed by atoms with van der Waals surface area (Å²) in [6.45, 7) is 9.69. The fourth-order valence-corrected chi connectivity index (χ4v) is 5.52. The van der Waals surface area contributed by atoms with Gasteiger partial charge in [0, 0.05) is 18.7 Å². The molecule has 0 aliphatic carbocycles. The molecule has 6 nitrogen and oxygen atoms in total. The molecule has 1 aromatic carbocycles. The molecule has 162 valence electrons. The van der Waals surface area contributed by atoms with E-state index in [1.165, 1.54) is 11.3 Å². The second kappa shape index (κ2) is 10.0. The van der Waals surface area contributed by atoms with Crippen LogP contribution in [0.5, 0.6) is 0 Å². The Balaban J connectivity index is 1.86. The first kappa shape index (κ1) is 22.9. The molecule has 0 radical (unpaired) electrons. The molecule has 0 spiro atoms. The normalized spacial score (nSPS) is 19.5. The van der Waals surface area contributed by atoms with Crippen LogP contribution >= 0.6 is 27.3 Å². The van der Waals surface area contributed by atoms with Gasteiger partial charge in [0.2, 0.25) is 5.91 Å². The molecule has 1 saturated heterocycles. The third kappa shape index (κ3) is 5.49. The number of nitrogens with zero attached hydrogens (tertiary/aromatic N) is 1. The summed E-state index contributed by atoms with van der Waals surface area (Å²) >= 11 is 4.91. The van der Waals surface area contributed by atoms with Gasteiger partial charge in [-0.2, -0.15) is 0 Å². The predicted molar refractivity (Wildman–Crippen MR) is 123 cm³/mol. The van der Waals surface area contributed by atoms with Gasteiger partial charge in [0.25, 0.3) is 0 Å². The number of thiophene rings is 1. The van der Waals surface area contributed by atoms with Crippen LogP contribution in [0.1, 0.15) is 36.7 Å². The van der Waals surface area contributed by atoms with Gasteiger partial charge in [-0.25, -0.2) is 4.79 Å². The van der Waals surface area contributed by atoms with Gasteiger partial charge in [-0.05, 0) is 49.2 Å². The minimum atomic E-state index is -0.445. The van der Waals surface area contributed by atoms with E-state index in [4.69, 9.17) is 9.47 Å². The van der Waals surface area contributed by atoms with Crippen molar-refractivity contribution in [2.45, 2.75) is 39.9 Å². The molecule has 0 saturated carbocycles. The van der Waals surface area contributed by atoms with Crippen LogP contribution in [0.3, 0.4) is 0 Å². The SMILES string of the molecule is CCOC(=O)c1c(NC(=O)CN2C[C@@H](C)O[C@@H](C)C2)sc(Br)c1-c1ccc(C)cc1. The number of rotatable bonds is 6. The maximum Gasteiger partial charge on any atom is 0.341 e. The van der Waals surface area contributed by atoms with Gasteiger partial charge < -0.3 is 14.8 Å². The zero-order chi connectivity index (χ0) is 21.8. The Hall–Kier alpha value is -1.74. The van der Waals surface area contributed by atoms with Crippen molar-refractivity contribution in [1.82, 2.24) is 4.90 Å². The monoisotopic (exact) mass is 494 g/mol. The third-order valence-corrected chi connectivity index (χ3v) is 6.58. The number of halogens is 1. The summed E-state index contributed by atoms with van der Waals surface area (Å²) in [4.78, 5) is 27.6. The first-order valence-corrected chi connectivity index (χ1v) is 11.6. The minimum absolute atomic E-state index is 0.0839. The first-order chi connectivity index (χ1) is 14.3. The highest BCUT2D eigenvalue weighted by atomic mass is 79.9. The molecule has 2 heterocycles. The number of anilines is 1. The number of hydrogen-bond acceptors (Lipinski definition) is 6. The highest BCUT2D eigenvalue weighted by molar-refractivity contribution is 9.11. The molecule has 1 aromatic heterocycles. The van der Waals surface area contributed by atoms with Crippen molar-refractivity contribution in [3.05, 3.63) is 39.2 Å². The summed E-state index contributed by atoms with van der Waals surface area (Å²) in [7, 11) is 0. The number of morpholine rings is 1. The molecule has 1 aliphatic heterocycles. The van der Waals surface area contributed by atoms with Gasteiger partial charge in [0.15, 0.2) is 0 Å². The van der Waals surface area contributed by atoms with Gasteiger partial charge in [-0.15, -0.1) is 11.3 Å². The van der Waals surface area contributed by atoms with Crippen molar-refractivity contribution in [2.75, 3.05) is 31.6 Å². The largest absolute Gasteiger partial charge is 0.462 e. The van der Waals surface area contributed by atoms with Crippen molar-refractivity contribution in [2.24, 2.45) is 0 Å². The lowest BCUT2D eigenvalue weighted by molar-refractivity contribution is -0.121. The zero-order valence-electron chi connectivity index (χ0n) is 17.7. The molecule has 2 atom stereocenters. The Morgan fingerprint density at radius 2 is 1.87 bits per heavy atom. The van der Waals surface area contributed by atoms with Crippen LogP contribution in [0, 0.1) is 6.92 Å².